The number of amides is 4. The molecule has 2 saturated heterocycles. The number of aromatic hydroxyl groups is 1. The Labute approximate surface area is 250 Å². The van der Waals surface area contributed by atoms with E-state index in [-0.39, 0.29) is 35.8 Å². The van der Waals surface area contributed by atoms with Gasteiger partial charge < -0.3 is 9.84 Å². The predicted molar refractivity (Wildman–Crippen MR) is 152 cm³/mol. The molecule has 3 aliphatic carbocycles. The lowest BCUT2D eigenvalue weighted by atomic mass is 9.56. The second-order valence-electron chi connectivity index (χ2n) is 11.4. The van der Waals surface area contributed by atoms with Crippen LogP contribution in [-0.2, 0) is 19.2 Å². The molecule has 1 N–H and O–H groups in total. The lowest BCUT2D eigenvalue weighted by Gasteiger charge is -2.50. The summed E-state index contributed by atoms with van der Waals surface area (Å²) in [7, 11) is 2.79. The first-order chi connectivity index (χ1) is 18.5. The fourth-order valence-corrected chi connectivity index (χ4v) is 9.40. The van der Waals surface area contributed by atoms with Gasteiger partial charge in [0.05, 0.1) is 22.5 Å². The summed E-state index contributed by atoms with van der Waals surface area (Å²) in [6, 6.07) is 3.20. The third-order valence-corrected chi connectivity index (χ3v) is 11.8. The largest absolute Gasteiger partial charge is 0.504 e. The van der Waals surface area contributed by atoms with Gasteiger partial charge in [-0.3, -0.25) is 29.0 Å². The number of phenolic OH excluding ortho intramolecular Hbond substituents is 1. The number of methoxy groups -OCH3 is 1. The molecule has 6 rings (SSSR count). The van der Waals surface area contributed by atoms with Gasteiger partial charge in [0.15, 0.2) is 21.2 Å². The van der Waals surface area contributed by atoms with E-state index in [1.807, 2.05) is 28.7 Å². The normalized spacial score (nSPS) is 36.6. The second-order valence-corrected chi connectivity index (χ2v) is 13.8. The van der Waals surface area contributed by atoms with E-state index in [0.717, 1.165) is 42.6 Å². The number of carbonyl (C=O) groups is 4. The van der Waals surface area contributed by atoms with Gasteiger partial charge in [-0.25, -0.2) is 0 Å². The van der Waals surface area contributed by atoms with Crippen molar-refractivity contribution in [3.05, 3.63) is 32.9 Å². The van der Waals surface area contributed by atoms with E-state index in [4.69, 9.17) is 27.9 Å². The number of rotatable bonds is 3. The molecule has 4 fully saturated rings. The maximum absolute atomic E-state index is 14.0. The standard InChI is InChI=1S/C28H29Cl2IN2O6/c1-32-25(37)27(29)12-17-15(8-9-16-20(17)24(36)33(23(16)35)14-6-4-3-5-7-14)21(28(27,30)26(32)38)13-10-18(31)22(34)19(11-13)39-2/h8,10-11,14,16-17,20-21,34H,3-7,9,12H2,1-2H3. The Morgan fingerprint density at radius 1 is 1.03 bits per heavy atom. The fourth-order valence-electron chi connectivity index (χ4n) is 7.76. The van der Waals surface area contributed by atoms with E-state index in [9.17, 15) is 24.3 Å². The van der Waals surface area contributed by atoms with Gasteiger partial charge in [-0.1, -0.05) is 30.9 Å². The minimum atomic E-state index is -1.87. The van der Waals surface area contributed by atoms with Crippen LogP contribution in [0, 0.1) is 21.3 Å². The Kier molecular flexibility index (Phi) is 6.54. The molecule has 2 heterocycles. The molecule has 8 nitrogen and oxygen atoms in total. The lowest BCUT2D eigenvalue weighted by molar-refractivity contribution is -0.144. The van der Waals surface area contributed by atoms with E-state index >= 15 is 0 Å². The average molecular weight is 687 g/mol. The minimum absolute atomic E-state index is 0.0275. The van der Waals surface area contributed by atoms with Crippen molar-refractivity contribution in [2.24, 2.45) is 17.8 Å². The number of likely N-dealkylation sites (tertiary alicyclic amines) is 2. The van der Waals surface area contributed by atoms with Crippen LogP contribution in [0.4, 0.5) is 0 Å². The molecule has 0 radical (unpaired) electrons. The van der Waals surface area contributed by atoms with Crippen LogP contribution in [0.2, 0.25) is 0 Å². The summed E-state index contributed by atoms with van der Waals surface area (Å²) in [5.74, 6) is -4.10. The van der Waals surface area contributed by atoms with E-state index in [2.05, 4.69) is 0 Å². The van der Waals surface area contributed by atoms with Crippen LogP contribution in [0.15, 0.2) is 23.8 Å². The van der Waals surface area contributed by atoms with E-state index in [0.29, 0.717) is 15.6 Å². The van der Waals surface area contributed by atoms with Crippen LogP contribution < -0.4 is 4.74 Å². The number of hydrogen-bond donors (Lipinski definition) is 1. The molecule has 5 aliphatic rings. The summed E-state index contributed by atoms with van der Waals surface area (Å²) in [6.45, 7) is 0. The number of imide groups is 2. The zero-order chi connectivity index (χ0) is 28.0. The minimum Gasteiger partial charge on any atom is -0.504 e. The Hall–Kier alpha value is -1.85. The van der Waals surface area contributed by atoms with Crippen molar-refractivity contribution >= 4 is 69.4 Å². The molecule has 6 atom stereocenters. The molecule has 0 spiro atoms. The zero-order valence-electron chi connectivity index (χ0n) is 21.6. The summed E-state index contributed by atoms with van der Waals surface area (Å²) in [5, 5.41) is 10.5. The zero-order valence-corrected chi connectivity index (χ0v) is 25.3. The van der Waals surface area contributed by atoms with Crippen molar-refractivity contribution in [3.8, 4) is 11.5 Å². The third-order valence-electron chi connectivity index (χ3n) is 9.59. The average Bonchev–Trinajstić information content (AvgIpc) is 3.25. The Bertz CT molecular complexity index is 1350. The van der Waals surface area contributed by atoms with Crippen LogP contribution in [0.3, 0.4) is 0 Å². The summed E-state index contributed by atoms with van der Waals surface area (Å²) in [5.41, 5.74) is 1.27. The van der Waals surface area contributed by atoms with E-state index < -0.39 is 45.2 Å². The SMILES string of the molecule is COc1cc(C2C3=CCC4C(=O)N(C5CCCCC5)C(=O)C4C3CC3(Cl)C(=O)N(C)C(=O)C23Cl)cc(I)c1O. The molecule has 1 aromatic rings. The molecule has 39 heavy (non-hydrogen) atoms. The summed E-state index contributed by atoms with van der Waals surface area (Å²) >= 11 is 16.4. The number of nitrogens with zero attached hydrogens (tertiary/aromatic N) is 2. The molecule has 4 amide bonds. The van der Waals surface area contributed by atoms with Crippen molar-refractivity contribution in [2.75, 3.05) is 14.2 Å². The van der Waals surface area contributed by atoms with Crippen LogP contribution in [0.1, 0.15) is 56.4 Å². The van der Waals surface area contributed by atoms with Crippen molar-refractivity contribution in [2.45, 2.75) is 66.7 Å². The van der Waals surface area contributed by atoms with Gasteiger partial charge in [-0.05, 0) is 71.9 Å². The van der Waals surface area contributed by atoms with Crippen molar-refractivity contribution < 1.29 is 29.0 Å². The number of fused-ring (bicyclic) bond motifs is 4. The van der Waals surface area contributed by atoms with E-state index in [1.165, 1.54) is 19.1 Å². The summed E-state index contributed by atoms with van der Waals surface area (Å²) in [6.07, 6.45) is 6.91. The molecule has 0 aromatic heterocycles. The maximum Gasteiger partial charge on any atom is 0.253 e. The quantitative estimate of drug-likeness (QED) is 0.220. The number of alkyl halides is 2. The van der Waals surface area contributed by atoms with E-state index in [1.54, 1.807) is 12.1 Å². The number of halogens is 3. The van der Waals surface area contributed by atoms with Crippen LogP contribution >= 0.6 is 45.8 Å². The summed E-state index contributed by atoms with van der Waals surface area (Å²) < 4.78 is 5.87. The number of benzene rings is 1. The smallest absolute Gasteiger partial charge is 0.253 e. The monoisotopic (exact) mass is 686 g/mol. The Morgan fingerprint density at radius 3 is 2.38 bits per heavy atom. The summed E-state index contributed by atoms with van der Waals surface area (Å²) in [4.78, 5) is 53.7. The van der Waals surface area contributed by atoms with Crippen molar-refractivity contribution in [3.63, 3.8) is 0 Å². The molecular weight excluding hydrogens is 658 g/mol. The molecule has 208 valence electrons. The molecule has 1 aromatic carbocycles. The van der Waals surface area contributed by atoms with Crippen LogP contribution in [0.5, 0.6) is 11.5 Å². The molecule has 6 unspecified atom stereocenters. The number of allylic oxidation sites excluding steroid dienone is 2. The molecule has 2 saturated carbocycles. The number of phenols is 1. The number of hydrogen-bond acceptors (Lipinski definition) is 6. The third kappa shape index (κ3) is 3.54. The second kappa shape index (κ2) is 9.34. The van der Waals surface area contributed by atoms with Crippen LogP contribution in [0.25, 0.3) is 0 Å². The van der Waals surface area contributed by atoms with Gasteiger partial charge in [-0.15, -0.1) is 23.2 Å². The topological polar surface area (TPSA) is 104 Å². The lowest BCUT2D eigenvalue weighted by Crippen LogP contribution is -2.60. The number of ether oxygens (including phenoxy) is 1. The molecule has 11 heteroatoms. The van der Waals surface area contributed by atoms with Crippen molar-refractivity contribution in [1.82, 2.24) is 9.80 Å². The van der Waals surface area contributed by atoms with Gasteiger partial charge in [0.2, 0.25) is 11.8 Å². The maximum atomic E-state index is 14.0. The van der Waals surface area contributed by atoms with Gasteiger partial charge >= 0.3 is 0 Å². The van der Waals surface area contributed by atoms with Gasteiger partial charge in [0, 0.05) is 19.0 Å². The highest BCUT2D eigenvalue weighted by atomic mass is 127. The highest BCUT2D eigenvalue weighted by Crippen LogP contribution is 2.65. The Balaban J connectivity index is 1.51. The first-order valence-corrected chi connectivity index (χ1v) is 15.1. The van der Waals surface area contributed by atoms with Crippen LogP contribution in [-0.4, -0.2) is 68.5 Å². The van der Waals surface area contributed by atoms with Gasteiger partial charge in [-0.2, -0.15) is 0 Å². The van der Waals surface area contributed by atoms with Crippen molar-refractivity contribution in [1.29, 1.82) is 0 Å². The first-order valence-electron chi connectivity index (χ1n) is 13.3. The highest BCUT2D eigenvalue weighted by Gasteiger charge is 2.76. The first kappa shape index (κ1) is 27.3. The Morgan fingerprint density at radius 2 is 1.72 bits per heavy atom. The fraction of sp³-hybridized carbons (Fsp3) is 0.571. The van der Waals surface area contributed by atoms with Gasteiger partial charge in [0.1, 0.15) is 0 Å². The molecule has 0 bridgehead atoms. The van der Waals surface area contributed by atoms with Gasteiger partial charge in [0.25, 0.3) is 11.8 Å². The predicted octanol–water partition coefficient (Wildman–Crippen LogP) is 4.33. The molecular formula is C28H29Cl2IN2O6. The number of carbonyl (C=O) groups excluding carboxylic acids is 4. The molecule has 2 aliphatic heterocycles. The highest BCUT2D eigenvalue weighted by molar-refractivity contribution is 14.1.